The molecule has 8 heteroatoms. The van der Waals surface area contributed by atoms with Crippen LogP contribution in [0.4, 0.5) is 5.82 Å². The molecule has 4 rings (SSSR count). The van der Waals surface area contributed by atoms with E-state index in [1.165, 1.54) is 6.33 Å². The lowest BCUT2D eigenvalue weighted by molar-refractivity contribution is -0.126. The minimum Gasteiger partial charge on any atom is -0.369 e. The minimum atomic E-state index is 0.158. The second-order valence-corrected chi connectivity index (χ2v) is 6.85. The highest BCUT2D eigenvalue weighted by atomic mass is 16.1. The Kier molecular flexibility index (Phi) is 3.66. The van der Waals surface area contributed by atoms with Crippen molar-refractivity contribution in [3.8, 4) is 0 Å². The van der Waals surface area contributed by atoms with E-state index in [9.17, 15) is 4.79 Å². The Morgan fingerprint density at radius 3 is 3.04 bits per heavy atom. The zero-order valence-electron chi connectivity index (χ0n) is 13.9. The summed E-state index contributed by atoms with van der Waals surface area (Å²) < 4.78 is 2.08. The topological polar surface area (TPSA) is 88.3 Å². The lowest BCUT2D eigenvalue weighted by atomic mass is 9.77. The van der Waals surface area contributed by atoms with E-state index in [-0.39, 0.29) is 18.0 Å². The van der Waals surface area contributed by atoms with Gasteiger partial charge in [-0.25, -0.2) is 19.9 Å². The van der Waals surface area contributed by atoms with Crippen molar-refractivity contribution in [2.45, 2.75) is 37.8 Å². The molecule has 8 nitrogen and oxygen atoms in total. The summed E-state index contributed by atoms with van der Waals surface area (Å²) in [6.45, 7) is 0. The van der Waals surface area contributed by atoms with E-state index >= 15 is 0 Å². The van der Waals surface area contributed by atoms with Gasteiger partial charge in [0, 0.05) is 26.6 Å². The van der Waals surface area contributed by atoms with Crippen LogP contribution in [0.5, 0.6) is 0 Å². The molecule has 1 N–H and O–H groups in total. The molecule has 0 radical (unpaired) electrons. The Hall–Kier alpha value is -2.51. The van der Waals surface area contributed by atoms with Crippen molar-refractivity contribution >= 4 is 29.2 Å². The molecule has 0 spiro atoms. The molecule has 1 amide bonds. The van der Waals surface area contributed by atoms with E-state index in [2.05, 4.69) is 29.8 Å². The average Bonchev–Trinajstić information content (AvgIpc) is 2.97. The predicted octanol–water partition coefficient (Wildman–Crippen LogP) is 1.28. The van der Waals surface area contributed by atoms with Gasteiger partial charge in [0.15, 0.2) is 17.0 Å². The summed E-state index contributed by atoms with van der Waals surface area (Å²) in [6.07, 6.45) is 8.83. The van der Waals surface area contributed by atoms with Crippen molar-refractivity contribution < 1.29 is 4.79 Å². The Labute approximate surface area is 140 Å². The predicted molar refractivity (Wildman–Crippen MR) is 90.1 cm³/mol. The Balaban J connectivity index is 1.70. The molecule has 2 aromatic rings. The van der Waals surface area contributed by atoms with Crippen LogP contribution in [0.15, 0.2) is 17.6 Å². The number of carbonyl (C=O) groups is 1. The normalized spacial score (nSPS) is 26.8. The number of aromatic nitrogens is 4. The van der Waals surface area contributed by atoms with E-state index in [1.54, 1.807) is 12.7 Å². The van der Waals surface area contributed by atoms with Gasteiger partial charge in [-0.05, 0) is 25.2 Å². The van der Waals surface area contributed by atoms with Crippen LogP contribution in [-0.2, 0) is 4.79 Å². The van der Waals surface area contributed by atoms with Gasteiger partial charge in [0.2, 0.25) is 5.91 Å². The molecule has 1 saturated heterocycles. The maximum Gasteiger partial charge on any atom is 0.220 e. The van der Waals surface area contributed by atoms with E-state index in [0.717, 1.165) is 24.9 Å². The molecule has 2 bridgehead atoms. The van der Waals surface area contributed by atoms with Crippen LogP contribution in [0.1, 0.15) is 31.7 Å². The maximum absolute atomic E-state index is 11.9. The van der Waals surface area contributed by atoms with Crippen LogP contribution in [0.25, 0.3) is 11.2 Å². The van der Waals surface area contributed by atoms with E-state index < -0.39 is 0 Å². The van der Waals surface area contributed by atoms with Gasteiger partial charge in [-0.15, -0.1) is 0 Å². The Morgan fingerprint density at radius 1 is 1.33 bits per heavy atom. The molecule has 24 heavy (non-hydrogen) atoms. The van der Waals surface area contributed by atoms with Crippen LogP contribution in [-0.4, -0.2) is 56.8 Å². The fraction of sp³-hybridized carbons (Fsp3) is 0.562. The lowest BCUT2D eigenvalue weighted by Crippen LogP contribution is -2.49. The number of rotatable bonds is 3. The van der Waals surface area contributed by atoms with Crippen molar-refractivity contribution in [1.82, 2.24) is 29.7 Å². The first-order valence-corrected chi connectivity index (χ1v) is 8.29. The second-order valence-electron chi connectivity index (χ2n) is 6.85. The molecule has 2 fully saturated rings. The quantitative estimate of drug-likeness (QED) is 0.677. The lowest BCUT2D eigenvalue weighted by Gasteiger charge is -2.40. The molecule has 126 valence electrons. The molecule has 3 atom stereocenters. The number of piperidine rings is 1. The van der Waals surface area contributed by atoms with Crippen molar-refractivity contribution in [3.05, 3.63) is 12.7 Å². The standard InChI is InChI=1S/C16H21N7O/c1-22(2)8-20-15-14-16(18-7-17-15)23(9-19-14)12-4-3-10-5-11(12)21-13(24)6-10/h7-12H,3-6H2,1-2H3,(H,21,24)/b20-8-/t10-,11+,12+/m1/s1. The Morgan fingerprint density at radius 2 is 2.21 bits per heavy atom. The summed E-state index contributed by atoms with van der Waals surface area (Å²) in [4.78, 5) is 31.2. The average molecular weight is 327 g/mol. The van der Waals surface area contributed by atoms with E-state index in [4.69, 9.17) is 0 Å². The number of amides is 1. The molecule has 2 aliphatic rings. The van der Waals surface area contributed by atoms with Crippen LogP contribution in [0, 0.1) is 5.92 Å². The largest absolute Gasteiger partial charge is 0.369 e. The third-order valence-corrected chi connectivity index (χ3v) is 4.85. The van der Waals surface area contributed by atoms with Crippen molar-refractivity contribution in [2.24, 2.45) is 10.9 Å². The molecule has 2 aromatic heterocycles. The van der Waals surface area contributed by atoms with Crippen LogP contribution in [0.2, 0.25) is 0 Å². The summed E-state index contributed by atoms with van der Waals surface area (Å²) >= 11 is 0. The van der Waals surface area contributed by atoms with Crippen molar-refractivity contribution in [2.75, 3.05) is 14.1 Å². The number of imidazole rings is 1. The molecule has 3 heterocycles. The first-order chi connectivity index (χ1) is 11.6. The minimum absolute atomic E-state index is 0.158. The van der Waals surface area contributed by atoms with Crippen LogP contribution < -0.4 is 5.32 Å². The molecule has 1 saturated carbocycles. The maximum atomic E-state index is 11.9. The molecule has 1 aliphatic heterocycles. The zero-order chi connectivity index (χ0) is 16.7. The van der Waals surface area contributed by atoms with Crippen LogP contribution >= 0.6 is 0 Å². The van der Waals surface area contributed by atoms with Crippen LogP contribution in [0.3, 0.4) is 0 Å². The van der Waals surface area contributed by atoms with Gasteiger partial charge in [-0.1, -0.05) is 0 Å². The first kappa shape index (κ1) is 15.0. The monoisotopic (exact) mass is 327 g/mol. The number of nitrogens with one attached hydrogen (secondary N) is 1. The van der Waals surface area contributed by atoms with E-state index in [1.807, 2.05) is 19.0 Å². The highest BCUT2D eigenvalue weighted by Gasteiger charge is 2.38. The number of nitrogens with zero attached hydrogens (tertiary/aromatic N) is 6. The van der Waals surface area contributed by atoms with Gasteiger partial charge in [0.1, 0.15) is 6.33 Å². The second kappa shape index (κ2) is 5.85. The third kappa shape index (κ3) is 2.61. The van der Waals surface area contributed by atoms with Crippen molar-refractivity contribution in [1.29, 1.82) is 0 Å². The fourth-order valence-corrected chi connectivity index (χ4v) is 3.79. The van der Waals surface area contributed by atoms with Gasteiger partial charge in [0.05, 0.1) is 18.7 Å². The summed E-state index contributed by atoms with van der Waals surface area (Å²) in [6, 6.07) is 0.349. The Bertz CT molecular complexity index is 797. The van der Waals surface area contributed by atoms with Gasteiger partial charge in [0.25, 0.3) is 0 Å². The molecule has 1 aliphatic carbocycles. The highest BCUT2D eigenvalue weighted by molar-refractivity contribution is 5.83. The van der Waals surface area contributed by atoms with Crippen molar-refractivity contribution in [3.63, 3.8) is 0 Å². The van der Waals surface area contributed by atoms with Gasteiger partial charge in [-0.3, -0.25) is 4.79 Å². The molecule has 0 unspecified atom stereocenters. The number of hydrogen-bond donors (Lipinski definition) is 1. The van der Waals surface area contributed by atoms with E-state index in [0.29, 0.717) is 23.7 Å². The number of aliphatic imine (C=N–C) groups is 1. The highest BCUT2D eigenvalue weighted by Crippen LogP contribution is 2.38. The van der Waals surface area contributed by atoms with Gasteiger partial charge < -0.3 is 14.8 Å². The first-order valence-electron chi connectivity index (χ1n) is 8.29. The van der Waals surface area contributed by atoms with Gasteiger partial charge in [-0.2, -0.15) is 0 Å². The summed E-state index contributed by atoms with van der Waals surface area (Å²) in [7, 11) is 3.81. The third-order valence-electron chi connectivity index (χ3n) is 4.85. The molecule has 0 aromatic carbocycles. The van der Waals surface area contributed by atoms with Gasteiger partial charge >= 0.3 is 0 Å². The summed E-state index contributed by atoms with van der Waals surface area (Å²) in [5.74, 6) is 1.25. The fourth-order valence-electron chi connectivity index (χ4n) is 3.79. The smallest absolute Gasteiger partial charge is 0.220 e. The number of hydrogen-bond acceptors (Lipinski definition) is 5. The molecular weight excluding hydrogens is 306 g/mol. The summed E-state index contributed by atoms with van der Waals surface area (Å²) in [5.41, 5.74) is 1.47. The zero-order valence-corrected chi connectivity index (χ0v) is 13.9. The summed E-state index contributed by atoms with van der Waals surface area (Å²) in [5, 5.41) is 3.14. The SMILES string of the molecule is CN(C)/C=N\c1ncnc2c1ncn2[C@H]1CC[C@H]2CC(=O)N[C@H]1C2. The molecular formula is C16H21N7O. The number of carbonyl (C=O) groups excluding carboxylic acids is 1. The number of fused-ring (bicyclic) bond motifs is 3.